The topological polar surface area (TPSA) is 78.9 Å². The maximum absolute atomic E-state index is 12.3. The lowest BCUT2D eigenvalue weighted by molar-refractivity contribution is 0.0989. The van der Waals surface area contributed by atoms with Gasteiger partial charge in [0.1, 0.15) is 5.76 Å². The highest BCUT2D eigenvalue weighted by Gasteiger charge is 2.18. The predicted molar refractivity (Wildman–Crippen MR) is 87.3 cm³/mol. The minimum atomic E-state index is -0.448. The summed E-state index contributed by atoms with van der Waals surface area (Å²) in [5, 5.41) is 3.71. The number of aromatic nitrogens is 2. The quantitative estimate of drug-likeness (QED) is 0.683. The number of aryl methyl sites for hydroxylation is 1. The molecule has 0 atom stereocenters. The van der Waals surface area contributed by atoms with Crippen molar-refractivity contribution in [1.82, 2.24) is 9.72 Å². The first-order valence-electron chi connectivity index (χ1n) is 7.22. The largest absolute Gasteiger partial charge is 0.454 e. The number of nitrogens with zero attached hydrogens (tertiary/aromatic N) is 3. The van der Waals surface area contributed by atoms with E-state index in [-0.39, 0.29) is 12.5 Å². The van der Waals surface area contributed by atoms with Crippen LogP contribution in [0, 0.1) is 6.92 Å². The molecule has 0 unspecified atom stereocenters. The molecule has 0 fully saturated rings. The predicted octanol–water partition coefficient (Wildman–Crippen LogP) is 2.66. The van der Waals surface area contributed by atoms with Gasteiger partial charge in [-0.2, -0.15) is 4.99 Å². The lowest BCUT2D eigenvalue weighted by atomic mass is 10.3. The maximum atomic E-state index is 12.3. The Hall–Kier alpha value is -2.87. The van der Waals surface area contributed by atoms with E-state index in [1.165, 1.54) is 11.3 Å². The molecule has 3 heterocycles. The smallest absolute Gasteiger partial charge is 0.301 e. The third-order valence-electron chi connectivity index (χ3n) is 3.53. The Kier molecular flexibility index (Phi) is 3.46. The molecule has 24 heavy (non-hydrogen) atoms. The summed E-state index contributed by atoms with van der Waals surface area (Å²) in [6.45, 7) is 6.23. The van der Waals surface area contributed by atoms with Crippen molar-refractivity contribution in [3.8, 4) is 11.5 Å². The average molecular weight is 343 g/mol. The van der Waals surface area contributed by atoms with E-state index in [1.807, 2.05) is 16.7 Å². The van der Waals surface area contributed by atoms with Crippen molar-refractivity contribution in [3.63, 3.8) is 0 Å². The van der Waals surface area contributed by atoms with E-state index in [4.69, 9.17) is 14.0 Å². The Labute approximate surface area is 140 Å². The molecule has 0 bridgehead atoms. The maximum Gasteiger partial charge on any atom is 0.301 e. The van der Waals surface area contributed by atoms with Crippen LogP contribution in [-0.2, 0) is 6.54 Å². The summed E-state index contributed by atoms with van der Waals surface area (Å²) in [5.41, 5.74) is 1.09. The lowest BCUT2D eigenvalue weighted by Gasteiger charge is -2.01. The van der Waals surface area contributed by atoms with Crippen molar-refractivity contribution >= 4 is 27.5 Å². The van der Waals surface area contributed by atoms with Crippen LogP contribution in [-0.4, -0.2) is 22.4 Å². The molecule has 2 aromatic heterocycles. The van der Waals surface area contributed by atoms with Gasteiger partial charge in [-0.1, -0.05) is 22.6 Å². The second kappa shape index (κ2) is 5.64. The summed E-state index contributed by atoms with van der Waals surface area (Å²) in [7, 11) is 0. The first-order valence-corrected chi connectivity index (χ1v) is 8.03. The van der Waals surface area contributed by atoms with Crippen molar-refractivity contribution in [2.24, 2.45) is 4.99 Å². The molecule has 122 valence electrons. The Morgan fingerprint density at radius 3 is 2.92 bits per heavy atom. The number of ether oxygens (including phenoxy) is 2. The zero-order valence-corrected chi connectivity index (χ0v) is 13.6. The molecule has 1 aliphatic heterocycles. The number of allylic oxidation sites excluding steroid dienone is 1. The molecule has 4 rings (SSSR count). The summed E-state index contributed by atoms with van der Waals surface area (Å²) in [5.74, 6) is 1.49. The molecule has 0 N–H and O–H groups in total. The molecule has 0 radical (unpaired) electrons. The minimum Gasteiger partial charge on any atom is -0.454 e. The van der Waals surface area contributed by atoms with Gasteiger partial charge in [-0.05, 0) is 6.92 Å². The van der Waals surface area contributed by atoms with Crippen LogP contribution < -0.4 is 14.3 Å². The summed E-state index contributed by atoms with van der Waals surface area (Å²) in [6, 6.07) is 5.35. The highest BCUT2D eigenvalue weighted by Crippen LogP contribution is 2.36. The molecule has 1 amide bonds. The van der Waals surface area contributed by atoms with Crippen LogP contribution in [0.5, 0.6) is 11.5 Å². The zero-order chi connectivity index (χ0) is 16.7. The fraction of sp³-hybridized carbons (Fsp3) is 0.188. The molecule has 0 spiro atoms. The average Bonchev–Trinajstić information content (AvgIpc) is 3.25. The number of thiazole rings is 1. The summed E-state index contributed by atoms with van der Waals surface area (Å²) >= 11 is 1.39. The summed E-state index contributed by atoms with van der Waals surface area (Å²) in [4.78, 5) is 17.0. The number of fused-ring (bicyclic) bond motifs is 2. The van der Waals surface area contributed by atoms with Crippen molar-refractivity contribution in [2.45, 2.75) is 13.5 Å². The first-order chi connectivity index (χ1) is 11.7. The van der Waals surface area contributed by atoms with Crippen LogP contribution in [0.1, 0.15) is 16.2 Å². The van der Waals surface area contributed by atoms with Gasteiger partial charge in [0.2, 0.25) is 6.79 Å². The number of carbonyl (C=O) groups is 1. The molecule has 7 nitrogen and oxygen atoms in total. The van der Waals surface area contributed by atoms with Gasteiger partial charge in [-0.3, -0.25) is 4.79 Å². The van der Waals surface area contributed by atoms with Gasteiger partial charge in [-0.15, -0.1) is 6.58 Å². The second-order valence-electron chi connectivity index (χ2n) is 5.20. The number of rotatable bonds is 3. The van der Waals surface area contributed by atoms with E-state index < -0.39 is 5.91 Å². The first kappa shape index (κ1) is 14.7. The van der Waals surface area contributed by atoms with Crippen LogP contribution in [0.2, 0.25) is 0 Å². The van der Waals surface area contributed by atoms with Crippen LogP contribution in [0.25, 0.3) is 10.2 Å². The number of carbonyl (C=O) groups excluding carboxylic acids is 1. The Bertz CT molecular complexity index is 1030. The molecule has 8 heteroatoms. The van der Waals surface area contributed by atoms with E-state index in [0.717, 1.165) is 10.2 Å². The second-order valence-corrected chi connectivity index (χ2v) is 6.21. The van der Waals surface area contributed by atoms with E-state index in [9.17, 15) is 4.79 Å². The molecule has 3 aromatic rings. The Morgan fingerprint density at radius 1 is 1.42 bits per heavy atom. The molecule has 1 aromatic carbocycles. The molecular formula is C16H13N3O4S. The van der Waals surface area contributed by atoms with Crippen LogP contribution in [0.3, 0.4) is 0 Å². The number of benzene rings is 1. The third kappa shape index (κ3) is 2.41. The normalized spacial score (nSPS) is 13.6. The van der Waals surface area contributed by atoms with E-state index >= 15 is 0 Å². The lowest BCUT2D eigenvalue weighted by Crippen LogP contribution is -2.16. The van der Waals surface area contributed by atoms with Gasteiger partial charge < -0.3 is 18.6 Å². The van der Waals surface area contributed by atoms with Gasteiger partial charge in [0, 0.05) is 24.7 Å². The van der Waals surface area contributed by atoms with Crippen LogP contribution in [0.4, 0.5) is 0 Å². The van der Waals surface area contributed by atoms with E-state index in [0.29, 0.717) is 28.6 Å². The fourth-order valence-corrected chi connectivity index (χ4v) is 3.51. The monoisotopic (exact) mass is 343 g/mol. The molecule has 0 aliphatic carbocycles. The van der Waals surface area contributed by atoms with E-state index in [1.54, 1.807) is 19.1 Å². The van der Waals surface area contributed by atoms with Gasteiger partial charge in [0.25, 0.3) is 0 Å². The SMILES string of the molecule is C=CCn1c(=NC(=O)c2cc(C)on2)sc2cc3c(cc21)OCO3. The molecular weight excluding hydrogens is 330 g/mol. The van der Waals surface area contributed by atoms with Crippen LogP contribution in [0.15, 0.2) is 40.4 Å². The highest BCUT2D eigenvalue weighted by atomic mass is 32.1. The number of amides is 1. The Morgan fingerprint density at radius 2 is 2.21 bits per heavy atom. The molecule has 1 aliphatic rings. The number of hydrogen-bond acceptors (Lipinski definition) is 6. The minimum absolute atomic E-state index is 0.185. The fourth-order valence-electron chi connectivity index (χ4n) is 2.46. The van der Waals surface area contributed by atoms with Gasteiger partial charge in [0.05, 0.1) is 10.2 Å². The van der Waals surface area contributed by atoms with Gasteiger partial charge in [-0.25, -0.2) is 0 Å². The van der Waals surface area contributed by atoms with Crippen molar-refractivity contribution < 1.29 is 18.8 Å². The van der Waals surface area contributed by atoms with E-state index in [2.05, 4.69) is 16.7 Å². The molecule has 0 saturated heterocycles. The third-order valence-corrected chi connectivity index (χ3v) is 4.57. The van der Waals surface area contributed by atoms with Crippen molar-refractivity contribution in [1.29, 1.82) is 0 Å². The van der Waals surface area contributed by atoms with Crippen LogP contribution >= 0.6 is 11.3 Å². The zero-order valence-electron chi connectivity index (χ0n) is 12.8. The summed E-state index contributed by atoms with van der Waals surface area (Å²) < 4.78 is 18.6. The van der Waals surface area contributed by atoms with Crippen molar-refractivity contribution in [2.75, 3.05) is 6.79 Å². The number of hydrogen-bond donors (Lipinski definition) is 0. The van der Waals surface area contributed by atoms with Gasteiger partial charge >= 0.3 is 5.91 Å². The standard InChI is InChI=1S/C16H13N3O4S/c1-3-4-19-11-6-12-13(22-8-21-12)7-14(11)24-16(19)17-15(20)10-5-9(2)23-18-10/h3,5-7H,1,4,8H2,2H3. The van der Waals surface area contributed by atoms with Crippen molar-refractivity contribution in [3.05, 3.63) is 47.1 Å². The highest BCUT2D eigenvalue weighted by molar-refractivity contribution is 7.16. The molecule has 0 saturated carbocycles. The Balaban J connectivity index is 1.88. The van der Waals surface area contributed by atoms with Gasteiger partial charge in [0.15, 0.2) is 22.0 Å². The summed E-state index contributed by atoms with van der Waals surface area (Å²) in [6.07, 6.45) is 1.75.